The number of nitrogens with one attached hydrogen (secondary N) is 1. The van der Waals surface area contributed by atoms with E-state index in [0.29, 0.717) is 33.9 Å². The molecule has 4 aromatic heterocycles. The van der Waals surface area contributed by atoms with Crippen molar-refractivity contribution < 1.29 is 9.21 Å². The van der Waals surface area contributed by atoms with E-state index in [0.717, 1.165) is 16.0 Å². The average Bonchev–Trinajstić information content (AvgIpc) is 3.45. The van der Waals surface area contributed by atoms with E-state index in [2.05, 4.69) is 15.4 Å². The number of thiophene rings is 1. The Balaban J connectivity index is 1.59. The van der Waals surface area contributed by atoms with Crippen LogP contribution in [0, 0.1) is 6.92 Å². The number of amides is 1. The van der Waals surface area contributed by atoms with Crippen molar-refractivity contribution in [3.8, 4) is 10.6 Å². The number of anilines is 1. The van der Waals surface area contributed by atoms with Gasteiger partial charge in [0.15, 0.2) is 17.1 Å². The molecule has 30 heavy (non-hydrogen) atoms. The minimum atomic E-state index is -0.219. The predicted molar refractivity (Wildman–Crippen MR) is 118 cm³/mol. The van der Waals surface area contributed by atoms with Crippen molar-refractivity contribution in [3.63, 3.8) is 0 Å². The van der Waals surface area contributed by atoms with Crippen LogP contribution in [0.1, 0.15) is 36.1 Å². The Morgan fingerprint density at radius 2 is 2.07 bits per heavy atom. The third-order valence-electron chi connectivity index (χ3n) is 4.83. The molecule has 1 N–H and O–H groups in total. The van der Waals surface area contributed by atoms with Crippen molar-refractivity contribution in [1.29, 1.82) is 0 Å². The summed E-state index contributed by atoms with van der Waals surface area (Å²) in [5.74, 6) is 0.370. The topological polar surface area (TPSA) is 85.8 Å². The van der Waals surface area contributed by atoms with Crippen LogP contribution in [0.2, 0.25) is 0 Å². The molecule has 0 spiro atoms. The summed E-state index contributed by atoms with van der Waals surface area (Å²) in [7, 11) is 0. The zero-order valence-electron chi connectivity index (χ0n) is 16.7. The molecule has 0 radical (unpaired) electrons. The van der Waals surface area contributed by atoms with E-state index < -0.39 is 0 Å². The zero-order valence-corrected chi connectivity index (χ0v) is 17.5. The normalized spacial score (nSPS) is 11.6. The van der Waals surface area contributed by atoms with Gasteiger partial charge in [-0.2, -0.15) is 5.10 Å². The summed E-state index contributed by atoms with van der Waals surface area (Å²) >= 11 is 1.59. The molecule has 0 aliphatic heterocycles. The van der Waals surface area contributed by atoms with Crippen LogP contribution in [0.3, 0.4) is 0 Å². The summed E-state index contributed by atoms with van der Waals surface area (Å²) in [6, 6.07) is 11.3. The Bertz CT molecular complexity index is 1380. The zero-order chi connectivity index (χ0) is 20.8. The first kappa shape index (κ1) is 18.5. The van der Waals surface area contributed by atoms with Crippen LogP contribution in [-0.4, -0.2) is 25.7 Å². The third kappa shape index (κ3) is 3.15. The lowest BCUT2D eigenvalue weighted by molar-refractivity contribution is 0.102. The van der Waals surface area contributed by atoms with Crippen LogP contribution in [0.25, 0.3) is 32.7 Å². The maximum atomic E-state index is 13.3. The van der Waals surface area contributed by atoms with Gasteiger partial charge < -0.3 is 9.73 Å². The molecule has 4 heterocycles. The molecule has 0 saturated carbocycles. The van der Waals surface area contributed by atoms with Crippen LogP contribution in [0.5, 0.6) is 0 Å². The quantitative estimate of drug-likeness (QED) is 0.421. The van der Waals surface area contributed by atoms with Gasteiger partial charge in [0, 0.05) is 18.7 Å². The van der Waals surface area contributed by atoms with E-state index in [-0.39, 0.29) is 11.9 Å². The van der Waals surface area contributed by atoms with Crippen molar-refractivity contribution >= 4 is 45.1 Å². The Morgan fingerprint density at radius 3 is 2.83 bits per heavy atom. The maximum absolute atomic E-state index is 13.3. The molecular weight excluding hydrogens is 398 g/mol. The van der Waals surface area contributed by atoms with Crippen molar-refractivity contribution in [2.45, 2.75) is 26.8 Å². The Hall–Kier alpha value is -3.52. The van der Waals surface area contributed by atoms with E-state index in [9.17, 15) is 4.79 Å². The van der Waals surface area contributed by atoms with Crippen LogP contribution >= 0.6 is 11.3 Å². The number of hydrogen-bond acceptors (Lipinski definition) is 6. The van der Waals surface area contributed by atoms with Gasteiger partial charge in [0.1, 0.15) is 5.52 Å². The number of aryl methyl sites for hydroxylation is 1. The van der Waals surface area contributed by atoms with Gasteiger partial charge in [-0.05, 0) is 49.6 Å². The standard InChI is InChI=1S/C22H19N5O2S/c1-12(2)27-21-16(11-23-27)15(10-18(26-21)20-5-4-8-30-20)22(28)25-14-6-7-19-17(9-14)24-13(3)29-19/h4-12H,1-3H3,(H,25,28). The van der Waals surface area contributed by atoms with Gasteiger partial charge >= 0.3 is 0 Å². The van der Waals surface area contributed by atoms with Crippen molar-refractivity contribution in [3.05, 3.63) is 59.4 Å². The number of rotatable bonds is 4. The van der Waals surface area contributed by atoms with E-state index in [1.54, 1.807) is 42.7 Å². The second-order valence-electron chi connectivity index (χ2n) is 7.32. The van der Waals surface area contributed by atoms with Gasteiger partial charge in [-0.3, -0.25) is 4.79 Å². The van der Waals surface area contributed by atoms with Gasteiger partial charge in [-0.25, -0.2) is 14.6 Å². The second kappa shape index (κ2) is 7.07. The van der Waals surface area contributed by atoms with Gasteiger partial charge in [-0.1, -0.05) is 6.07 Å². The lowest BCUT2D eigenvalue weighted by Gasteiger charge is -2.10. The molecule has 1 aromatic carbocycles. The molecule has 0 unspecified atom stereocenters. The number of carbonyl (C=O) groups excluding carboxylic acids is 1. The van der Waals surface area contributed by atoms with E-state index >= 15 is 0 Å². The molecule has 0 fully saturated rings. The highest BCUT2D eigenvalue weighted by molar-refractivity contribution is 7.13. The molecular formula is C22H19N5O2S. The Kier molecular flexibility index (Phi) is 4.36. The number of benzene rings is 1. The largest absolute Gasteiger partial charge is 0.441 e. The molecule has 1 amide bonds. The summed E-state index contributed by atoms with van der Waals surface area (Å²) < 4.78 is 7.35. The van der Waals surface area contributed by atoms with Crippen LogP contribution < -0.4 is 5.32 Å². The summed E-state index contributed by atoms with van der Waals surface area (Å²) in [5, 5.41) is 10.2. The first-order valence-electron chi connectivity index (χ1n) is 9.60. The fourth-order valence-electron chi connectivity index (χ4n) is 3.45. The first-order chi connectivity index (χ1) is 14.5. The number of pyridine rings is 1. The minimum absolute atomic E-state index is 0.127. The molecule has 0 aliphatic rings. The number of hydrogen-bond donors (Lipinski definition) is 1. The molecule has 5 rings (SSSR count). The number of nitrogens with zero attached hydrogens (tertiary/aromatic N) is 4. The SMILES string of the molecule is Cc1nc2cc(NC(=O)c3cc(-c4cccs4)nc4c3cnn4C(C)C)ccc2o1. The number of oxazole rings is 1. The molecule has 0 bridgehead atoms. The molecule has 0 saturated heterocycles. The highest BCUT2D eigenvalue weighted by atomic mass is 32.1. The second-order valence-corrected chi connectivity index (χ2v) is 8.27. The number of carbonyl (C=O) groups is 1. The maximum Gasteiger partial charge on any atom is 0.256 e. The molecule has 7 nitrogen and oxygen atoms in total. The van der Waals surface area contributed by atoms with Crippen LogP contribution in [-0.2, 0) is 0 Å². The van der Waals surface area contributed by atoms with Crippen LogP contribution in [0.15, 0.2) is 52.4 Å². The number of fused-ring (bicyclic) bond motifs is 2. The van der Waals surface area contributed by atoms with Gasteiger partial charge in [0.2, 0.25) is 0 Å². The highest BCUT2D eigenvalue weighted by Crippen LogP contribution is 2.29. The molecule has 8 heteroatoms. The lowest BCUT2D eigenvalue weighted by atomic mass is 10.1. The third-order valence-corrected chi connectivity index (χ3v) is 5.72. The lowest BCUT2D eigenvalue weighted by Crippen LogP contribution is -2.13. The smallest absolute Gasteiger partial charge is 0.256 e. The molecule has 0 atom stereocenters. The monoisotopic (exact) mass is 417 g/mol. The van der Waals surface area contributed by atoms with E-state index in [1.165, 1.54) is 0 Å². The fraction of sp³-hybridized carbons (Fsp3) is 0.182. The minimum Gasteiger partial charge on any atom is -0.441 e. The van der Waals surface area contributed by atoms with Crippen molar-refractivity contribution in [2.75, 3.05) is 5.32 Å². The van der Waals surface area contributed by atoms with Crippen molar-refractivity contribution in [1.82, 2.24) is 19.7 Å². The summed E-state index contributed by atoms with van der Waals surface area (Å²) in [4.78, 5) is 23.4. The molecule has 0 aliphatic carbocycles. The highest BCUT2D eigenvalue weighted by Gasteiger charge is 2.19. The average molecular weight is 417 g/mol. The molecule has 5 aromatic rings. The summed E-state index contributed by atoms with van der Waals surface area (Å²) in [6.07, 6.45) is 1.71. The van der Waals surface area contributed by atoms with E-state index in [4.69, 9.17) is 9.40 Å². The summed E-state index contributed by atoms with van der Waals surface area (Å²) in [5.41, 5.74) is 4.04. The van der Waals surface area contributed by atoms with Gasteiger partial charge in [0.25, 0.3) is 5.91 Å². The fourth-order valence-corrected chi connectivity index (χ4v) is 4.14. The Morgan fingerprint density at radius 1 is 1.20 bits per heavy atom. The number of aromatic nitrogens is 4. The predicted octanol–water partition coefficient (Wildman–Crippen LogP) is 5.44. The Labute approximate surface area is 176 Å². The molecule has 150 valence electrons. The van der Waals surface area contributed by atoms with E-state index in [1.807, 2.05) is 42.1 Å². The summed E-state index contributed by atoms with van der Waals surface area (Å²) in [6.45, 7) is 5.88. The van der Waals surface area contributed by atoms with Crippen LogP contribution in [0.4, 0.5) is 5.69 Å². The van der Waals surface area contributed by atoms with Gasteiger partial charge in [-0.15, -0.1) is 11.3 Å². The van der Waals surface area contributed by atoms with Crippen molar-refractivity contribution in [2.24, 2.45) is 0 Å². The van der Waals surface area contributed by atoms with Gasteiger partial charge in [0.05, 0.1) is 27.7 Å². The first-order valence-corrected chi connectivity index (χ1v) is 10.5.